The van der Waals surface area contributed by atoms with Gasteiger partial charge in [0.15, 0.2) is 0 Å². The van der Waals surface area contributed by atoms with Crippen molar-refractivity contribution in [2.45, 2.75) is 12.8 Å². The minimum absolute atomic E-state index is 0.220. The van der Waals surface area contributed by atoms with Crippen LogP contribution in [0.3, 0.4) is 0 Å². The van der Waals surface area contributed by atoms with E-state index in [4.69, 9.17) is 4.74 Å². The number of rotatable bonds is 2. The van der Waals surface area contributed by atoms with E-state index in [1.54, 1.807) is 0 Å². The van der Waals surface area contributed by atoms with Gasteiger partial charge >= 0.3 is 0 Å². The molecular weight excluding hydrogens is 266 g/mol. The molecule has 1 spiro atoms. The van der Waals surface area contributed by atoms with Gasteiger partial charge < -0.3 is 19.9 Å². The molecule has 3 heterocycles. The van der Waals surface area contributed by atoms with Crippen LogP contribution in [0.4, 0.5) is 11.8 Å². The third kappa shape index (κ3) is 3.27. The van der Waals surface area contributed by atoms with Crippen molar-refractivity contribution in [1.82, 2.24) is 15.3 Å². The standard InChI is InChI=1S/C15H25N5O/c1-19(2)14-17-7-4-13(18-14)20-8-9-21-12-15(11-20)5-3-6-16-10-15/h4,7,16H,3,5-6,8-12H2,1-2H3. The molecule has 3 rings (SSSR count). The van der Waals surface area contributed by atoms with Gasteiger partial charge in [0.1, 0.15) is 5.82 Å². The summed E-state index contributed by atoms with van der Waals surface area (Å²) in [4.78, 5) is 13.3. The number of aromatic nitrogens is 2. The zero-order valence-corrected chi connectivity index (χ0v) is 13.0. The molecule has 2 aliphatic heterocycles. The number of hydrogen-bond donors (Lipinski definition) is 1. The molecule has 1 aromatic rings. The molecule has 0 radical (unpaired) electrons. The molecule has 0 saturated carbocycles. The number of piperidine rings is 1. The maximum Gasteiger partial charge on any atom is 0.226 e. The van der Waals surface area contributed by atoms with E-state index in [2.05, 4.69) is 20.2 Å². The van der Waals surface area contributed by atoms with Crippen molar-refractivity contribution < 1.29 is 4.74 Å². The molecule has 2 saturated heterocycles. The predicted molar refractivity (Wildman–Crippen MR) is 83.9 cm³/mol. The SMILES string of the molecule is CN(C)c1nccc(N2CCOCC3(CCCNC3)C2)n1. The summed E-state index contributed by atoms with van der Waals surface area (Å²) in [6.45, 7) is 5.68. The van der Waals surface area contributed by atoms with Crippen molar-refractivity contribution in [3.8, 4) is 0 Å². The molecule has 6 heteroatoms. The van der Waals surface area contributed by atoms with Gasteiger partial charge in [-0.2, -0.15) is 4.98 Å². The Morgan fingerprint density at radius 2 is 2.33 bits per heavy atom. The number of hydrogen-bond acceptors (Lipinski definition) is 6. The van der Waals surface area contributed by atoms with E-state index in [0.717, 1.165) is 51.2 Å². The summed E-state index contributed by atoms with van der Waals surface area (Å²) in [7, 11) is 3.94. The Kier molecular flexibility index (Phi) is 4.26. The monoisotopic (exact) mass is 291 g/mol. The Bertz CT molecular complexity index is 473. The van der Waals surface area contributed by atoms with Crippen LogP contribution in [0, 0.1) is 5.41 Å². The van der Waals surface area contributed by atoms with Crippen LogP contribution in [0.15, 0.2) is 12.3 Å². The predicted octanol–water partition coefficient (Wildman–Crippen LogP) is 0.749. The number of ether oxygens (including phenoxy) is 1. The fourth-order valence-corrected chi connectivity index (χ4v) is 3.21. The molecule has 6 nitrogen and oxygen atoms in total. The van der Waals surface area contributed by atoms with Gasteiger partial charge in [0, 0.05) is 45.3 Å². The molecule has 1 unspecified atom stereocenters. The van der Waals surface area contributed by atoms with E-state index in [9.17, 15) is 0 Å². The van der Waals surface area contributed by atoms with Crippen molar-refractivity contribution in [3.05, 3.63) is 12.3 Å². The Morgan fingerprint density at radius 3 is 3.10 bits per heavy atom. The van der Waals surface area contributed by atoms with Gasteiger partial charge in [-0.3, -0.25) is 0 Å². The third-order valence-electron chi connectivity index (χ3n) is 4.35. The molecule has 2 aliphatic rings. The molecule has 0 bridgehead atoms. The smallest absolute Gasteiger partial charge is 0.226 e. The maximum absolute atomic E-state index is 5.88. The average Bonchev–Trinajstić information content (AvgIpc) is 2.71. The van der Waals surface area contributed by atoms with Gasteiger partial charge in [-0.1, -0.05) is 0 Å². The van der Waals surface area contributed by atoms with E-state index in [-0.39, 0.29) is 5.41 Å². The lowest BCUT2D eigenvalue weighted by Gasteiger charge is -2.39. The summed E-state index contributed by atoms with van der Waals surface area (Å²) in [5.41, 5.74) is 0.220. The van der Waals surface area contributed by atoms with Gasteiger partial charge in [0.05, 0.1) is 13.2 Å². The van der Waals surface area contributed by atoms with Crippen LogP contribution < -0.4 is 15.1 Å². The van der Waals surface area contributed by atoms with Crippen LogP contribution in [0.1, 0.15) is 12.8 Å². The van der Waals surface area contributed by atoms with Crippen LogP contribution in [0.2, 0.25) is 0 Å². The third-order valence-corrected chi connectivity index (χ3v) is 4.35. The minimum atomic E-state index is 0.220. The quantitative estimate of drug-likeness (QED) is 0.868. The summed E-state index contributed by atoms with van der Waals surface area (Å²) in [5, 5.41) is 3.53. The van der Waals surface area contributed by atoms with E-state index >= 15 is 0 Å². The number of anilines is 2. The first-order valence-corrected chi connectivity index (χ1v) is 7.72. The molecule has 0 aliphatic carbocycles. The van der Waals surface area contributed by atoms with E-state index in [0.29, 0.717) is 0 Å². The topological polar surface area (TPSA) is 53.5 Å². The second-order valence-corrected chi connectivity index (χ2v) is 6.36. The summed E-state index contributed by atoms with van der Waals surface area (Å²) < 4.78 is 5.88. The van der Waals surface area contributed by atoms with Gasteiger partial charge in [-0.15, -0.1) is 0 Å². The molecule has 1 N–H and O–H groups in total. The molecular formula is C15H25N5O. The van der Waals surface area contributed by atoms with E-state index in [1.165, 1.54) is 12.8 Å². The second-order valence-electron chi connectivity index (χ2n) is 6.36. The lowest BCUT2D eigenvalue weighted by atomic mass is 9.81. The number of nitrogens with one attached hydrogen (secondary N) is 1. The molecule has 116 valence electrons. The van der Waals surface area contributed by atoms with Crippen LogP contribution in [-0.4, -0.2) is 63.5 Å². The highest BCUT2D eigenvalue weighted by Gasteiger charge is 2.36. The summed E-state index contributed by atoms with van der Waals surface area (Å²) in [6.07, 6.45) is 4.29. The molecule has 1 atom stereocenters. The fourth-order valence-electron chi connectivity index (χ4n) is 3.21. The zero-order chi connectivity index (χ0) is 14.7. The molecule has 0 aromatic carbocycles. The highest BCUT2D eigenvalue weighted by atomic mass is 16.5. The van der Waals surface area contributed by atoms with Gasteiger partial charge in [-0.05, 0) is 25.5 Å². The maximum atomic E-state index is 5.88. The van der Waals surface area contributed by atoms with Gasteiger partial charge in [0.25, 0.3) is 0 Å². The zero-order valence-electron chi connectivity index (χ0n) is 13.0. The molecule has 21 heavy (non-hydrogen) atoms. The lowest BCUT2D eigenvalue weighted by molar-refractivity contribution is 0.0536. The second kappa shape index (κ2) is 6.15. The minimum Gasteiger partial charge on any atom is -0.379 e. The Labute approximate surface area is 126 Å². The Balaban J connectivity index is 1.81. The Morgan fingerprint density at radius 1 is 1.43 bits per heavy atom. The van der Waals surface area contributed by atoms with Crippen molar-refractivity contribution in [3.63, 3.8) is 0 Å². The van der Waals surface area contributed by atoms with E-state index in [1.807, 2.05) is 31.3 Å². The fraction of sp³-hybridized carbons (Fsp3) is 0.733. The van der Waals surface area contributed by atoms with Crippen LogP contribution in [-0.2, 0) is 4.74 Å². The Hall–Kier alpha value is -1.40. The van der Waals surface area contributed by atoms with Crippen molar-refractivity contribution in [1.29, 1.82) is 0 Å². The highest BCUT2D eigenvalue weighted by molar-refractivity contribution is 5.43. The van der Waals surface area contributed by atoms with Crippen LogP contribution in [0.25, 0.3) is 0 Å². The first-order valence-electron chi connectivity index (χ1n) is 7.72. The summed E-state index contributed by atoms with van der Waals surface area (Å²) in [5.74, 6) is 1.76. The van der Waals surface area contributed by atoms with Crippen molar-refractivity contribution in [2.75, 3.05) is 63.3 Å². The van der Waals surface area contributed by atoms with Crippen molar-refractivity contribution >= 4 is 11.8 Å². The molecule has 1 aromatic heterocycles. The van der Waals surface area contributed by atoms with Gasteiger partial charge in [-0.25, -0.2) is 4.98 Å². The largest absolute Gasteiger partial charge is 0.379 e. The molecule has 0 amide bonds. The normalized spacial score (nSPS) is 26.7. The first kappa shape index (κ1) is 14.5. The van der Waals surface area contributed by atoms with Crippen molar-refractivity contribution in [2.24, 2.45) is 5.41 Å². The van der Waals surface area contributed by atoms with Crippen LogP contribution >= 0.6 is 0 Å². The summed E-state index contributed by atoms with van der Waals surface area (Å²) in [6, 6.07) is 2.00. The summed E-state index contributed by atoms with van der Waals surface area (Å²) >= 11 is 0. The van der Waals surface area contributed by atoms with Crippen LogP contribution in [0.5, 0.6) is 0 Å². The van der Waals surface area contributed by atoms with E-state index < -0.39 is 0 Å². The van der Waals surface area contributed by atoms with Gasteiger partial charge in [0.2, 0.25) is 5.95 Å². The highest BCUT2D eigenvalue weighted by Crippen LogP contribution is 2.31. The molecule has 2 fully saturated rings. The number of nitrogens with zero attached hydrogens (tertiary/aromatic N) is 4. The average molecular weight is 291 g/mol. The first-order chi connectivity index (χ1) is 10.2. The lowest BCUT2D eigenvalue weighted by Crippen LogP contribution is -2.49.